The highest BCUT2D eigenvalue weighted by atomic mass is 32.1. The molecular formula is C18H14N4OS. The fourth-order valence-corrected chi connectivity index (χ4v) is 4.66. The molecule has 1 aliphatic rings. The maximum Gasteiger partial charge on any atom is 0.285 e. The highest BCUT2D eigenvalue weighted by molar-refractivity contribution is 7.25. The van der Waals surface area contributed by atoms with Crippen molar-refractivity contribution in [3.8, 4) is 11.3 Å². The number of H-pyrrole nitrogens is 1. The number of hydrogen-bond acceptors (Lipinski definition) is 5. The lowest BCUT2D eigenvalue weighted by Gasteiger charge is -2.20. The van der Waals surface area contributed by atoms with Crippen LogP contribution in [0.15, 0.2) is 35.1 Å². The minimum absolute atomic E-state index is 0.186. The Morgan fingerprint density at radius 3 is 2.67 bits per heavy atom. The Kier molecular flexibility index (Phi) is 2.99. The van der Waals surface area contributed by atoms with Crippen LogP contribution in [0, 0.1) is 0 Å². The first-order valence-corrected chi connectivity index (χ1v) is 8.89. The fraction of sp³-hybridized carbons (Fsp3) is 0.222. The van der Waals surface area contributed by atoms with Crippen molar-refractivity contribution < 1.29 is 0 Å². The third-order valence-electron chi connectivity index (χ3n) is 4.69. The van der Waals surface area contributed by atoms with Crippen LogP contribution in [0.5, 0.6) is 0 Å². The van der Waals surface area contributed by atoms with Gasteiger partial charge < -0.3 is 0 Å². The van der Waals surface area contributed by atoms with Crippen molar-refractivity contribution in [1.29, 1.82) is 0 Å². The van der Waals surface area contributed by atoms with Crippen LogP contribution in [0.2, 0.25) is 0 Å². The summed E-state index contributed by atoms with van der Waals surface area (Å²) in [6.45, 7) is 0. The van der Waals surface area contributed by atoms with E-state index in [1.807, 2.05) is 18.2 Å². The van der Waals surface area contributed by atoms with Crippen LogP contribution in [0.3, 0.4) is 0 Å². The number of nitrogens with one attached hydrogen (secondary N) is 1. The molecule has 3 aromatic heterocycles. The maximum atomic E-state index is 12.1. The van der Waals surface area contributed by atoms with E-state index in [-0.39, 0.29) is 5.56 Å². The zero-order valence-electron chi connectivity index (χ0n) is 12.9. The molecule has 0 bridgehead atoms. The summed E-state index contributed by atoms with van der Waals surface area (Å²) in [6.07, 6.45) is 4.37. The first-order chi connectivity index (χ1) is 11.8. The molecule has 1 N–H and O–H groups in total. The smallest absolute Gasteiger partial charge is 0.266 e. The predicted octanol–water partition coefficient (Wildman–Crippen LogP) is 3.47. The highest BCUT2D eigenvalue weighted by Crippen LogP contribution is 2.40. The molecule has 4 aromatic rings. The number of aromatic nitrogens is 4. The highest BCUT2D eigenvalue weighted by Gasteiger charge is 2.23. The SMILES string of the molecule is O=c1[nH]nnc2c1sc1nc(-c3ccccc3)c3c(c12)CCCC3. The van der Waals surface area contributed by atoms with Crippen molar-refractivity contribution in [3.63, 3.8) is 0 Å². The fourth-order valence-electron chi connectivity index (χ4n) is 3.63. The summed E-state index contributed by atoms with van der Waals surface area (Å²) in [5.74, 6) is 0. The summed E-state index contributed by atoms with van der Waals surface area (Å²) in [5, 5.41) is 11.4. The van der Waals surface area contributed by atoms with Gasteiger partial charge in [-0.15, -0.1) is 16.4 Å². The Balaban J connectivity index is 1.95. The normalized spacial score (nSPS) is 14.2. The monoisotopic (exact) mass is 334 g/mol. The lowest BCUT2D eigenvalue weighted by molar-refractivity contribution is 0.689. The molecule has 0 atom stereocenters. The number of nitrogens with zero attached hydrogens (tertiary/aromatic N) is 3. The summed E-state index contributed by atoms with van der Waals surface area (Å²) >= 11 is 1.41. The van der Waals surface area contributed by atoms with Crippen molar-refractivity contribution in [3.05, 3.63) is 51.8 Å². The molecule has 0 spiro atoms. The van der Waals surface area contributed by atoms with E-state index >= 15 is 0 Å². The lowest BCUT2D eigenvalue weighted by atomic mass is 9.87. The predicted molar refractivity (Wildman–Crippen MR) is 95.4 cm³/mol. The van der Waals surface area contributed by atoms with Crippen molar-refractivity contribution in [1.82, 2.24) is 20.4 Å². The Morgan fingerprint density at radius 1 is 1.04 bits per heavy atom. The van der Waals surface area contributed by atoms with Crippen molar-refractivity contribution in [2.45, 2.75) is 25.7 Å². The first-order valence-electron chi connectivity index (χ1n) is 8.07. The van der Waals surface area contributed by atoms with Crippen LogP contribution in [-0.4, -0.2) is 20.4 Å². The third kappa shape index (κ3) is 1.93. The molecule has 0 saturated heterocycles. The lowest BCUT2D eigenvalue weighted by Crippen LogP contribution is -2.09. The second kappa shape index (κ2) is 5.21. The van der Waals surface area contributed by atoms with E-state index < -0.39 is 0 Å². The van der Waals surface area contributed by atoms with Crippen LogP contribution in [0.1, 0.15) is 24.0 Å². The molecule has 24 heavy (non-hydrogen) atoms. The van der Waals surface area contributed by atoms with Gasteiger partial charge >= 0.3 is 0 Å². The van der Waals surface area contributed by atoms with Gasteiger partial charge in [0.1, 0.15) is 15.0 Å². The molecule has 0 radical (unpaired) electrons. The number of hydrogen-bond donors (Lipinski definition) is 1. The standard InChI is InChI=1S/C18H14N4OS/c23-17-16-15(20-22-21-17)13-11-8-4-5-9-12(11)14(19-18(13)24-16)10-6-2-1-3-7-10/h1-3,6-7H,4-5,8-9H2,(H,20,21,23). The summed E-state index contributed by atoms with van der Waals surface area (Å²) in [5.41, 5.74) is 5.31. The van der Waals surface area contributed by atoms with Crippen LogP contribution in [0.25, 0.3) is 31.7 Å². The number of benzene rings is 1. The molecule has 0 unspecified atom stereocenters. The van der Waals surface area contributed by atoms with Crippen LogP contribution < -0.4 is 5.56 Å². The second-order valence-corrected chi connectivity index (χ2v) is 7.09. The van der Waals surface area contributed by atoms with E-state index in [1.165, 1.54) is 28.9 Å². The number of aromatic amines is 1. The van der Waals surface area contributed by atoms with Gasteiger partial charge in [0.15, 0.2) is 0 Å². The third-order valence-corrected chi connectivity index (χ3v) is 5.76. The molecular weight excluding hydrogens is 320 g/mol. The Labute approximate surface area is 141 Å². The van der Waals surface area contributed by atoms with Gasteiger partial charge in [0.25, 0.3) is 5.56 Å². The first kappa shape index (κ1) is 13.8. The zero-order chi connectivity index (χ0) is 16.1. The number of thiophene rings is 1. The van der Waals surface area contributed by atoms with Gasteiger partial charge in [-0.05, 0) is 36.8 Å². The second-order valence-electron chi connectivity index (χ2n) is 6.09. The van der Waals surface area contributed by atoms with Crippen molar-refractivity contribution in [2.24, 2.45) is 0 Å². The van der Waals surface area contributed by atoms with Crippen LogP contribution in [-0.2, 0) is 12.8 Å². The average molecular weight is 334 g/mol. The molecule has 6 heteroatoms. The van der Waals surface area contributed by atoms with Crippen LogP contribution >= 0.6 is 11.3 Å². The Bertz CT molecular complexity index is 1130. The summed E-state index contributed by atoms with van der Waals surface area (Å²) in [7, 11) is 0. The molecule has 0 aliphatic heterocycles. The summed E-state index contributed by atoms with van der Waals surface area (Å²) < 4.78 is 0.616. The zero-order valence-corrected chi connectivity index (χ0v) is 13.7. The van der Waals surface area contributed by atoms with Gasteiger partial charge in [-0.3, -0.25) is 4.79 Å². The van der Waals surface area contributed by atoms with Gasteiger partial charge in [-0.1, -0.05) is 35.5 Å². The van der Waals surface area contributed by atoms with Gasteiger partial charge in [-0.2, -0.15) is 0 Å². The minimum atomic E-state index is -0.186. The van der Waals surface area contributed by atoms with Gasteiger partial charge in [-0.25, -0.2) is 10.1 Å². The van der Waals surface area contributed by atoms with E-state index in [9.17, 15) is 4.79 Å². The van der Waals surface area contributed by atoms with Gasteiger partial charge in [0.2, 0.25) is 0 Å². The molecule has 5 nitrogen and oxygen atoms in total. The molecule has 5 rings (SSSR count). The number of pyridine rings is 1. The number of aryl methyl sites for hydroxylation is 1. The minimum Gasteiger partial charge on any atom is -0.266 e. The number of fused-ring (bicyclic) bond motifs is 5. The van der Waals surface area contributed by atoms with E-state index in [2.05, 4.69) is 27.5 Å². The molecule has 1 aromatic carbocycles. The summed E-state index contributed by atoms with van der Waals surface area (Å²) in [4.78, 5) is 17.9. The quantitative estimate of drug-likeness (QED) is 0.578. The largest absolute Gasteiger partial charge is 0.285 e. The van der Waals surface area contributed by atoms with Gasteiger partial charge in [0.05, 0.1) is 5.69 Å². The molecule has 118 valence electrons. The average Bonchev–Trinajstić information content (AvgIpc) is 3.02. The molecule has 0 saturated carbocycles. The van der Waals surface area contributed by atoms with E-state index in [1.54, 1.807) is 0 Å². The maximum absolute atomic E-state index is 12.1. The molecule has 3 heterocycles. The van der Waals surface area contributed by atoms with Crippen molar-refractivity contribution >= 4 is 31.8 Å². The Hall–Kier alpha value is -2.60. The Morgan fingerprint density at radius 2 is 1.83 bits per heavy atom. The molecule has 1 aliphatic carbocycles. The number of rotatable bonds is 1. The van der Waals surface area contributed by atoms with E-state index in [0.29, 0.717) is 10.2 Å². The van der Waals surface area contributed by atoms with Gasteiger partial charge in [0, 0.05) is 10.9 Å². The van der Waals surface area contributed by atoms with E-state index in [4.69, 9.17) is 4.98 Å². The van der Waals surface area contributed by atoms with Crippen molar-refractivity contribution in [2.75, 3.05) is 0 Å². The van der Waals surface area contributed by atoms with E-state index in [0.717, 1.165) is 40.7 Å². The topological polar surface area (TPSA) is 71.5 Å². The molecule has 0 amide bonds. The summed E-state index contributed by atoms with van der Waals surface area (Å²) in [6, 6.07) is 10.3. The molecule has 0 fully saturated rings. The van der Waals surface area contributed by atoms with Crippen LogP contribution in [0.4, 0.5) is 0 Å².